The number of hydrogen-bond acceptors (Lipinski definition) is 1. The fourth-order valence-electron chi connectivity index (χ4n) is 3.52. The average molecular weight is 380 g/mol. The first-order valence-electron chi connectivity index (χ1n) is 9.31. The first kappa shape index (κ1) is 18.2. The zero-order valence-corrected chi connectivity index (χ0v) is 16.4. The second-order valence-corrected chi connectivity index (χ2v) is 9.84. The minimum Gasteiger partial charge on any atom is -0.289 e. The summed E-state index contributed by atoms with van der Waals surface area (Å²) in [5.41, 5.74) is 0.770. The van der Waals surface area contributed by atoms with Gasteiger partial charge in [-0.1, -0.05) is 115 Å². The molecule has 4 aromatic rings. The van der Waals surface area contributed by atoms with E-state index in [9.17, 15) is 4.79 Å². The molecule has 28 heavy (non-hydrogen) atoms. The van der Waals surface area contributed by atoms with Gasteiger partial charge in [0.2, 0.25) is 0 Å². The van der Waals surface area contributed by atoms with Gasteiger partial charge in [-0.05, 0) is 34.7 Å². The maximum atomic E-state index is 12.8. The summed E-state index contributed by atoms with van der Waals surface area (Å²) in [4.78, 5) is 12.8. The second kappa shape index (κ2) is 8.25. The van der Waals surface area contributed by atoms with E-state index in [1.165, 1.54) is 15.9 Å². The largest absolute Gasteiger partial charge is 0.289 e. The summed E-state index contributed by atoms with van der Waals surface area (Å²) in [6.07, 6.45) is 0. The third kappa shape index (κ3) is 3.50. The number of benzene rings is 3. The molecular formula is C26H21OP. The molecule has 0 N–H and O–H groups in total. The first-order chi connectivity index (χ1) is 13.8. The summed E-state index contributed by atoms with van der Waals surface area (Å²) in [6, 6.07) is 40.8. The molecule has 0 saturated heterocycles. The predicted molar refractivity (Wildman–Crippen MR) is 123 cm³/mol. The Morgan fingerprint density at radius 1 is 0.464 bits per heavy atom. The van der Waals surface area contributed by atoms with E-state index >= 15 is 0 Å². The third-order valence-corrected chi connectivity index (χ3v) is 8.86. The molecule has 2 heteroatoms. The monoisotopic (exact) mass is 380 g/mol. The van der Waals surface area contributed by atoms with Crippen LogP contribution in [-0.4, -0.2) is 5.80 Å². The molecule has 0 aromatic heterocycles. The van der Waals surface area contributed by atoms with Crippen LogP contribution in [0.3, 0.4) is 0 Å². The molecule has 0 unspecified atom stereocenters. The Morgan fingerprint density at radius 3 is 1.25 bits per heavy atom. The summed E-state index contributed by atoms with van der Waals surface area (Å²) in [5, 5.41) is 3.70. The highest BCUT2D eigenvalue weighted by Gasteiger charge is 2.25. The van der Waals surface area contributed by atoms with Crippen LogP contribution in [-0.2, 0) is 0 Å². The highest BCUT2D eigenvalue weighted by molar-refractivity contribution is 7.94. The van der Waals surface area contributed by atoms with Gasteiger partial charge in [-0.25, -0.2) is 0 Å². The fourth-order valence-corrected chi connectivity index (χ4v) is 7.42. The molecule has 0 radical (unpaired) electrons. The van der Waals surface area contributed by atoms with Gasteiger partial charge in [0.1, 0.15) is 0 Å². The van der Waals surface area contributed by atoms with E-state index in [0.29, 0.717) is 0 Å². The summed E-state index contributed by atoms with van der Waals surface area (Å²) in [7, 11) is 0. The van der Waals surface area contributed by atoms with E-state index < -0.39 is 6.89 Å². The molecule has 0 amide bonds. The van der Waals surface area contributed by atoms with Gasteiger partial charge >= 0.3 is 0 Å². The van der Waals surface area contributed by atoms with Gasteiger partial charge in [-0.2, -0.15) is 0 Å². The van der Waals surface area contributed by atoms with Crippen molar-refractivity contribution in [2.75, 3.05) is 0 Å². The van der Waals surface area contributed by atoms with Crippen molar-refractivity contribution in [1.29, 1.82) is 0 Å². The standard InChI is InChI=1S/C26H21OP/c27-26-20-12-1-5-13-22(26)21-28(23-14-6-2-7-15-23,24-16-8-3-9-17-24)25-18-10-4-11-19-25/h1-21H. The van der Waals surface area contributed by atoms with Crippen LogP contribution in [0.15, 0.2) is 126 Å². The molecule has 1 nitrogen and oxygen atoms in total. The Bertz CT molecular complexity index is 1060. The van der Waals surface area contributed by atoms with Crippen molar-refractivity contribution < 1.29 is 0 Å². The van der Waals surface area contributed by atoms with Crippen LogP contribution < -0.4 is 21.3 Å². The summed E-state index contributed by atoms with van der Waals surface area (Å²) in [5.74, 6) is 2.22. The molecular weight excluding hydrogens is 359 g/mol. The van der Waals surface area contributed by atoms with Gasteiger partial charge in [0, 0.05) is 5.56 Å². The SMILES string of the molecule is O=c1cccccc1C=P(c1ccccc1)(c1ccccc1)c1ccccc1. The zero-order chi connectivity index (χ0) is 19.2. The van der Waals surface area contributed by atoms with E-state index in [0.717, 1.165) is 5.56 Å². The van der Waals surface area contributed by atoms with Crippen molar-refractivity contribution in [1.82, 2.24) is 0 Å². The van der Waals surface area contributed by atoms with Gasteiger partial charge in [-0.3, -0.25) is 4.79 Å². The molecule has 0 aliphatic heterocycles. The lowest BCUT2D eigenvalue weighted by molar-refractivity contribution is 1.65. The summed E-state index contributed by atoms with van der Waals surface area (Å²) < 4.78 is 0. The number of hydrogen-bond donors (Lipinski definition) is 0. The lowest BCUT2D eigenvalue weighted by atomic mass is 10.3. The Balaban J connectivity index is 2.19. The van der Waals surface area contributed by atoms with Crippen molar-refractivity contribution in [2.24, 2.45) is 0 Å². The van der Waals surface area contributed by atoms with E-state index in [-0.39, 0.29) is 5.43 Å². The molecule has 0 aliphatic rings. The van der Waals surface area contributed by atoms with Crippen molar-refractivity contribution in [3.63, 3.8) is 0 Å². The molecule has 4 rings (SSSR count). The lowest BCUT2D eigenvalue weighted by Crippen LogP contribution is -2.28. The molecule has 0 spiro atoms. The highest BCUT2D eigenvalue weighted by Crippen LogP contribution is 2.44. The van der Waals surface area contributed by atoms with Gasteiger partial charge in [-0.15, -0.1) is 0 Å². The van der Waals surface area contributed by atoms with Crippen LogP contribution in [0.1, 0.15) is 5.56 Å². The fraction of sp³-hybridized carbons (Fsp3) is 0. The third-order valence-electron chi connectivity index (χ3n) is 4.85. The van der Waals surface area contributed by atoms with Crippen LogP contribution in [0.2, 0.25) is 0 Å². The quantitative estimate of drug-likeness (QED) is 0.485. The van der Waals surface area contributed by atoms with Crippen molar-refractivity contribution in [3.05, 3.63) is 137 Å². The Kier molecular flexibility index (Phi) is 5.37. The first-order valence-corrected chi connectivity index (χ1v) is 11.2. The number of rotatable bonds is 4. The van der Waals surface area contributed by atoms with Gasteiger partial charge in [0.25, 0.3) is 0 Å². The lowest BCUT2D eigenvalue weighted by Gasteiger charge is -2.28. The van der Waals surface area contributed by atoms with E-state index in [1.807, 2.05) is 36.4 Å². The smallest absolute Gasteiger partial charge is 0.185 e. The normalized spacial score (nSPS) is 11.0. The second-order valence-electron chi connectivity index (χ2n) is 6.59. The van der Waals surface area contributed by atoms with Crippen molar-refractivity contribution in [2.45, 2.75) is 0 Å². The molecule has 0 heterocycles. The molecule has 0 atom stereocenters. The van der Waals surface area contributed by atoms with Crippen molar-refractivity contribution >= 4 is 28.6 Å². The molecule has 0 aliphatic carbocycles. The molecule has 0 fully saturated rings. The average Bonchev–Trinajstić information content (AvgIpc) is 2.98. The highest BCUT2D eigenvalue weighted by atomic mass is 31.2. The van der Waals surface area contributed by atoms with Crippen LogP contribution in [0, 0.1) is 0 Å². The maximum absolute atomic E-state index is 12.8. The van der Waals surface area contributed by atoms with Crippen LogP contribution in [0.25, 0.3) is 0 Å². The van der Waals surface area contributed by atoms with E-state index in [2.05, 4.69) is 78.6 Å². The van der Waals surface area contributed by atoms with Crippen molar-refractivity contribution in [3.8, 4) is 0 Å². The van der Waals surface area contributed by atoms with Crippen LogP contribution in [0.5, 0.6) is 0 Å². The zero-order valence-electron chi connectivity index (χ0n) is 15.5. The van der Waals surface area contributed by atoms with E-state index in [1.54, 1.807) is 12.1 Å². The Hall–Kier alpha value is -3.15. The maximum Gasteiger partial charge on any atom is 0.185 e. The minimum atomic E-state index is -2.16. The Labute approximate surface area is 165 Å². The summed E-state index contributed by atoms with van der Waals surface area (Å²) >= 11 is 0. The predicted octanol–water partition coefficient (Wildman–Crippen LogP) is 4.19. The van der Waals surface area contributed by atoms with Gasteiger partial charge < -0.3 is 0 Å². The van der Waals surface area contributed by atoms with E-state index in [4.69, 9.17) is 0 Å². The molecule has 136 valence electrons. The van der Waals surface area contributed by atoms with Crippen LogP contribution in [0.4, 0.5) is 0 Å². The van der Waals surface area contributed by atoms with Gasteiger partial charge in [0.05, 0.1) is 0 Å². The van der Waals surface area contributed by atoms with Crippen LogP contribution >= 0.6 is 6.89 Å². The van der Waals surface area contributed by atoms with Gasteiger partial charge in [0.15, 0.2) is 5.43 Å². The minimum absolute atomic E-state index is 0.0390. The molecule has 0 bridgehead atoms. The Morgan fingerprint density at radius 2 is 0.821 bits per heavy atom. The molecule has 0 saturated carbocycles. The molecule has 4 aromatic carbocycles. The summed E-state index contributed by atoms with van der Waals surface area (Å²) in [6.45, 7) is -2.16. The topological polar surface area (TPSA) is 17.1 Å².